The number of nitrogens with zero attached hydrogens (tertiary/aromatic N) is 1. The normalized spacial score (nSPS) is 21.0. The first kappa shape index (κ1) is 13.8. The van der Waals surface area contributed by atoms with E-state index in [9.17, 15) is 15.0 Å². The molecule has 0 radical (unpaired) electrons. The summed E-state index contributed by atoms with van der Waals surface area (Å²) in [5.74, 6) is -0.545. The van der Waals surface area contributed by atoms with E-state index < -0.39 is 0 Å². The van der Waals surface area contributed by atoms with Crippen molar-refractivity contribution < 1.29 is 19.7 Å². The van der Waals surface area contributed by atoms with E-state index in [0.29, 0.717) is 12.1 Å². The summed E-state index contributed by atoms with van der Waals surface area (Å²) in [5.41, 5.74) is 0.410. The van der Waals surface area contributed by atoms with Crippen molar-refractivity contribution >= 4 is 5.78 Å². The van der Waals surface area contributed by atoms with Crippen LogP contribution in [0.1, 0.15) is 23.7 Å². The molecule has 0 bridgehead atoms. The van der Waals surface area contributed by atoms with Gasteiger partial charge in [-0.05, 0) is 31.5 Å². The van der Waals surface area contributed by atoms with Gasteiger partial charge in [0.15, 0.2) is 17.3 Å². The Labute approximate surface area is 112 Å². The Morgan fingerprint density at radius 1 is 1.42 bits per heavy atom. The molecule has 0 aromatic heterocycles. The lowest BCUT2D eigenvalue weighted by atomic mass is 10.1. The molecule has 0 amide bonds. The number of hydrogen-bond acceptors (Lipinski definition) is 5. The Bertz CT molecular complexity index is 461. The first-order valence-electron chi connectivity index (χ1n) is 6.45. The van der Waals surface area contributed by atoms with Gasteiger partial charge in [0.25, 0.3) is 0 Å². The summed E-state index contributed by atoms with van der Waals surface area (Å²) in [5, 5.41) is 18.6. The number of rotatable bonds is 3. The van der Waals surface area contributed by atoms with E-state index in [1.165, 1.54) is 18.2 Å². The number of ether oxygens (including phenoxy) is 1. The maximum atomic E-state index is 12.1. The number of aromatic hydroxyl groups is 2. The van der Waals surface area contributed by atoms with Gasteiger partial charge >= 0.3 is 0 Å². The van der Waals surface area contributed by atoms with Crippen molar-refractivity contribution in [3.05, 3.63) is 23.8 Å². The second-order valence-corrected chi connectivity index (χ2v) is 4.90. The van der Waals surface area contributed by atoms with Gasteiger partial charge in [-0.1, -0.05) is 0 Å². The van der Waals surface area contributed by atoms with Crippen molar-refractivity contribution in [3.8, 4) is 11.5 Å². The fourth-order valence-electron chi connectivity index (χ4n) is 2.22. The summed E-state index contributed by atoms with van der Waals surface area (Å²) in [4.78, 5) is 14.2. The minimum absolute atomic E-state index is 0.0654. The number of carbonyl (C=O) groups excluding carboxylic acids is 1. The van der Waals surface area contributed by atoms with E-state index in [0.717, 1.165) is 26.1 Å². The Morgan fingerprint density at radius 2 is 2.21 bits per heavy atom. The molecule has 1 saturated heterocycles. The molecule has 1 atom stereocenters. The number of Topliss-reactive ketones (excluding diaryl/α,β-unsaturated/α-hetero) is 1. The molecule has 1 aliphatic rings. The molecule has 2 N–H and O–H groups in total. The standard InChI is InChI=1S/C14H19NO4/c1-10-8-15(5-2-6-19-10)9-14(18)11-3-4-12(16)13(17)7-11/h3-4,7,10,16-17H,2,5-6,8-9H2,1H3. The zero-order valence-corrected chi connectivity index (χ0v) is 11.0. The van der Waals surface area contributed by atoms with Gasteiger partial charge in [-0.2, -0.15) is 0 Å². The van der Waals surface area contributed by atoms with Crippen LogP contribution in [-0.4, -0.2) is 53.2 Å². The van der Waals surface area contributed by atoms with Gasteiger partial charge in [-0.3, -0.25) is 9.69 Å². The van der Waals surface area contributed by atoms with Crippen molar-refractivity contribution in [2.24, 2.45) is 0 Å². The predicted octanol–water partition coefficient (Wildman–Crippen LogP) is 1.39. The van der Waals surface area contributed by atoms with E-state index in [1.54, 1.807) is 0 Å². The molecular weight excluding hydrogens is 246 g/mol. The van der Waals surface area contributed by atoms with Gasteiger partial charge in [-0.15, -0.1) is 0 Å². The molecule has 1 fully saturated rings. The second kappa shape index (κ2) is 6.04. The second-order valence-electron chi connectivity index (χ2n) is 4.90. The monoisotopic (exact) mass is 265 g/mol. The van der Waals surface area contributed by atoms with E-state index in [2.05, 4.69) is 4.90 Å². The highest BCUT2D eigenvalue weighted by Gasteiger charge is 2.18. The topological polar surface area (TPSA) is 70.0 Å². The Balaban J connectivity index is 2.01. The van der Waals surface area contributed by atoms with Crippen LogP contribution in [0.25, 0.3) is 0 Å². The van der Waals surface area contributed by atoms with Crippen LogP contribution in [0.15, 0.2) is 18.2 Å². The number of phenolic OH excluding ortho intramolecular Hbond substituents is 2. The molecule has 104 valence electrons. The molecule has 1 aliphatic heterocycles. The lowest BCUT2D eigenvalue weighted by Crippen LogP contribution is -2.34. The highest BCUT2D eigenvalue weighted by molar-refractivity contribution is 5.98. The third-order valence-corrected chi connectivity index (χ3v) is 3.20. The average molecular weight is 265 g/mol. The summed E-state index contributed by atoms with van der Waals surface area (Å²) >= 11 is 0. The Hall–Kier alpha value is -1.59. The van der Waals surface area contributed by atoms with Crippen molar-refractivity contribution in [3.63, 3.8) is 0 Å². The summed E-state index contributed by atoms with van der Waals surface area (Å²) in [6.07, 6.45) is 1.04. The smallest absolute Gasteiger partial charge is 0.176 e. The first-order chi connectivity index (χ1) is 9.06. The first-order valence-corrected chi connectivity index (χ1v) is 6.45. The third-order valence-electron chi connectivity index (χ3n) is 3.20. The maximum absolute atomic E-state index is 12.1. The van der Waals surface area contributed by atoms with Crippen molar-refractivity contribution in [1.82, 2.24) is 4.90 Å². The van der Waals surface area contributed by atoms with Gasteiger partial charge in [0, 0.05) is 25.3 Å². The van der Waals surface area contributed by atoms with Crippen LogP contribution in [0.2, 0.25) is 0 Å². The van der Waals surface area contributed by atoms with Gasteiger partial charge < -0.3 is 14.9 Å². The molecule has 5 nitrogen and oxygen atoms in total. The van der Waals surface area contributed by atoms with Crippen molar-refractivity contribution in [1.29, 1.82) is 0 Å². The molecule has 2 rings (SSSR count). The zero-order chi connectivity index (χ0) is 13.8. The van der Waals surface area contributed by atoms with E-state index >= 15 is 0 Å². The summed E-state index contributed by atoms with van der Waals surface area (Å²) in [6, 6.07) is 4.15. The molecular formula is C14H19NO4. The molecule has 0 aliphatic carbocycles. The summed E-state index contributed by atoms with van der Waals surface area (Å²) in [7, 11) is 0. The van der Waals surface area contributed by atoms with Crippen LogP contribution in [0, 0.1) is 0 Å². The highest BCUT2D eigenvalue weighted by Crippen LogP contribution is 2.25. The highest BCUT2D eigenvalue weighted by atomic mass is 16.5. The fraction of sp³-hybridized carbons (Fsp3) is 0.500. The number of phenols is 2. The Kier molecular flexibility index (Phi) is 4.39. The van der Waals surface area contributed by atoms with Gasteiger partial charge in [-0.25, -0.2) is 0 Å². The molecule has 19 heavy (non-hydrogen) atoms. The van der Waals surface area contributed by atoms with Crippen molar-refractivity contribution in [2.45, 2.75) is 19.4 Å². The van der Waals surface area contributed by atoms with Gasteiger partial charge in [0.05, 0.1) is 12.6 Å². The number of carbonyl (C=O) groups is 1. The summed E-state index contributed by atoms with van der Waals surface area (Å²) in [6.45, 7) is 4.59. The minimum Gasteiger partial charge on any atom is -0.504 e. The predicted molar refractivity (Wildman–Crippen MR) is 70.6 cm³/mol. The summed E-state index contributed by atoms with van der Waals surface area (Å²) < 4.78 is 5.53. The quantitative estimate of drug-likeness (QED) is 0.638. The van der Waals surface area contributed by atoms with E-state index in [4.69, 9.17) is 4.74 Å². The third kappa shape index (κ3) is 3.68. The maximum Gasteiger partial charge on any atom is 0.176 e. The molecule has 1 aromatic carbocycles. The fourth-order valence-corrected chi connectivity index (χ4v) is 2.22. The lowest BCUT2D eigenvalue weighted by Gasteiger charge is -2.20. The average Bonchev–Trinajstić information content (AvgIpc) is 2.57. The van der Waals surface area contributed by atoms with Crippen LogP contribution in [0.3, 0.4) is 0 Å². The molecule has 1 heterocycles. The van der Waals surface area contributed by atoms with Crippen LogP contribution >= 0.6 is 0 Å². The van der Waals surface area contributed by atoms with Gasteiger partial charge in [0.1, 0.15) is 0 Å². The largest absolute Gasteiger partial charge is 0.504 e. The molecule has 5 heteroatoms. The van der Waals surface area contributed by atoms with Crippen LogP contribution < -0.4 is 0 Å². The number of benzene rings is 1. The van der Waals surface area contributed by atoms with E-state index in [1.807, 2.05) is 6.92 Å². The SMILES string of the molecule is CC1CN(CC(=O)c2ccc(O)c(O)c2)CCCO1. The molecule has 1 unspecified atom stereocenters. The van der Waals surface area contributed by atoms with Crippen molar-refractivity contribution in [2.75, 3.05) is 26.2 Å². The van der Waals surface area contributed by atoms with Crippen LogP contribution in [0.5, 0.6) is 11.5 Å². The zero-order valence-electron chi connectivity index (χ0n) is 11.0. The number of ketones is 1. The Morgan fingerprint density at radius 3 is 2.95 bits per heavy atom. The minimum atomic E-state index is -0.265. The molecule has 1 aromatic rings. The lowest BCUT2D eigenvalue weighted by molar-refractivity contribution is 0.0657. The van der Waals surface area contributed by atoms with Crippen LogP contribution in [-0.2, 0) is 4.74 Å². The molecule has 0 saturated carbocycles. The van der Waals surface area contributed by atoms with E-state index in [-0.39, 0.29) is 23.4 Å². The molecule has 0 spiro atoms. The number of hydrogen-bond donors (Lipinski definition) is 2. The van der Waals surface area contributed by atoms with Gasteiger partial charge in [0.2, 0.25) is 0 Å². The van der Waals surface area contributed by atoms with Crippen LogP contribution in [0.4, 0.5) is 0 Å².